The lowest BCUT2D eigenvalue weighted by Gasteiger charge is -2.16. The van der Waals surface area contributed by atoms with Crippen LogP contribution in [0.2, 0.25) is 0 Å². The van der Waals surface area contributed by atoms with Gasteiger partial charge in [-0.1, -0.05) is 12.1 Å². The number of aliphatic carboxylic acids is 1. The van der Waals surface area contributed by atoms with E-state index in [-0.39, 0.29) is 12.3 Å². The Morgan fingerprint density at radius 3 is 2.76 bits per heavy atom. The van der Waals surface area contributed by atoms with E-state index < -0.39 is 11.8 Å². The molecule has 8 heteroatoms. The lowest BCUT2D eigenvalue weighted by atomic mass is 9.91. The molecule has 0 bridgehead atoms. The van der Waals surface area contributed by atoms with Gasteiger partial charge in [0.2, 0.25) is 5.88 Å². The molecule has 0 aliphatic heterocycles. The second-order valence-electron chi connectivity index (χ2n) is 8.82. The third-order valence-electron chi connectivity index (χ3n) is 6.36. The molecule has 0 radical (unpaired) electrons. The van der Waals surface area contributed by atoms with Crippen LogP contribution in [0.4, 0.5) is 4.39 Å². The van der Waals surface area contributed by atoms with Gasteiger partial charge in [-0.2, -0.15) is 5.10 Å². The molecule has 0 saturated heterocycles. The highest BCUT2D eigenvalue weighted by Gasteiger charge is 2.34. The Balaban J connectivity index is 1.37. The van der Waals surface area contributed by atoms with Crippen molar-refractivity contribution in [2.24, 2.45) is 5.92 Å². The fraction of sp³-hybridized carbons (Fsp3) is 0.400. The van der Waals surface area contributed by atoms with Crippen LogP contribution in [0, 0.1) is 11.7 Å². The van der Waals surface area contributed by atoms with Crippen LogP contribution in [0.5, 0.6) is 11.6 Å². The number of pyridine rings is 1. The fourth-order valence-corrected chi connectivity index (χ4v) is 4.41. The molecule has 0 spiro atoms. The Morgan fingerprint density at radius 2 is 2.06 bits per heavy atom. The Bertz CT molecular complexity index is 1170. The van der Waals surface area contributed by atoms with E-state index in [9.17, 15) is 14.3 Å². The zero-order chi connectivity index (χ0) is 22.9. The Kier molecular flexibility index (Phi) is 5.74. The average molecular weight is 451 g/mol. The summed E-state index contributed by atoms with van der Waals surface area (Å²) in [5.74, 6) is 0.527. The summed E-state index contributed by atoms with van der Waals surface area (Å²) >= 11 is 0. The number of methoxy groups -OCH3 is 1. The summed E-state index contributed by atoms with van der Waals surface area (Å²) in [6, 6.07) is 9.25. The number of hydrogen-bond acceptors (Lipinski definition) is 5. The highest BCUT2D eigenvalue weighted by Crippen LogP contribution is 2.45. The smallest absolute Gasteiger partial charge is 0.303 e. The van der Waals surface area contributed by atoms with Gasteiger partial charge in [0.05, 0.1) is 31.6 Å². The summed E-state index contributed by atoms with van der Waals surface area (Å²) in [7, 11) is 1.49. The lowest BCUT2D eigenvalue weighted by Crippen LogP contribution is -2.09. The number of carboxylic acids is 1. The molecular formula is C25H26FN3O4. The van der Waals surface area contributed by atoms with Gasteiger partial charge in [0.25, 0.3) is 0 Å². The number of rotatable bonds is 10. The molecule has 1 atom stereocenters. The van der Waals surface area contributed by atoms with Crippen LogP contribution >= 0.6 is 0 Å². The number of carbonyl (C=O) groups is 1. The molecular weight excluding hydrogens is 425 g/mol. The molecule has 2 aliphatic carbocycles. The minimum Gasteiger partial charge on any atom is -0.489 e. The van der Waals surface area contributed by atoms with Crippen molar-refractivity contribution in [1.29, 1.82) is 0 Å². The lowest BCUT2D eigenvalue weighted by molar-refractivity contribution is -0.137. The summed E-state index contributed by atoms with van der Waals surface area (Å²) in [4.78, 5) is 15.2. The van der Waals surface area contributed by atoms with Crippen LogP contribution in [-0.4, -0.2) is 33.0 Å². The molecule has 0 amide bonds. The molecule has 1 unspecified atom stereocenters. The fourth-order valence-electron chi connectivity index (χ4n) is 4.41. The minimum absolute atomic E-state index is 0.0143. The topological polar surface area (TPSA) is 86.5 Å². The summed E-state index contributed by atoms with van der Waals surface area (Å²) in [6.07, 6.45) is 7.19. The van der Waals surface area contributed by atoms with Crippen LogP contribution < -0.4 is 9.47 Å². The van der Waals surface area contributed by atoms with E-state index in [1.54, 1.807) is 16.9 Å². The predicted octanol–water partition coefficient (Wildman–Crippen LogP) is 4.84. The van der Waals surface area contributed by atoms with E-state index in [4.69, 9.17) is 9.47 Å². The Morgan fingerprint density at radius 1 is 1.24 bits per heavy atom. The summed E-state index contributed by atoms with van der Waals surface area (Å²) in [5, 5.41) is 13.8. The van der Waals surface area contributed by atoms with Crippen molar-refractivity contribution in [2.75, 3.05) is 7.11 Å². The number of carboxylic acid groups (broad SMARTS) is 1. The molecule has 2 aliphatic rings. The Labute approximate surface area is 191 Å². The van der Waals surface area contributed by atoms with Crippen molar-refractivity contribution in [1.82, 2.24) is 14.8 Å². The third kappa shape index (κ3) is 4.69. The molecule has 7 nitrogen and oxygen atoms in total. The van der Waals surface area contributed by atoms with Crippen molar-refractivity contribution < 1.29 is 23.8 Å². The van der Waals surface area contributed by atoms with E-state index in [2.05, 4.69) is 10.1 Å². The Hall–Kier alpha value is -3.42. The first-order chi connectivity index (χ1) is 16.0. The number of benzene rings is 1. The number of nitrogens with zero attached hydrogens (tertiary/aromatic N) is 3. The van der Waals surface area contributed by atoms with E-state index in [0.717, 1.165) is 48.7 Å². The highest BCUT2D eigenvalue weighted by molar-refractivity contribution is 5.68. The van der Waals surface area contributed by atoms with Gasteiger partial charge in [-0.3, -0.25) is 4.79 Å². The van der Waals surface area contributed by atoms with Gasteiger partial charge in [-0.25, -0.2) is 14.1 Å². The van der Waals surface area contributed by atoms with Gasteiger partial charge < -0.3 is 14.6 Å². The van der Waals surface area contributed by atoms with Crippen LogP contribution in [-0.2, 0) is 11.4 Å². The van der Waals surface area contributed by atoms with Crippen molar-refractivity contribution in [3.63, 3.8) is 0 Å². The maximum absolute atomic E-state index is 14.5. The number of aromatic nitrogens is 3. The van der Waals surface area contributed by atoms with Gasteiger partial charge in [0.1, 0.15) is 18.0 Å². The van der Waals surface area contributed by atoms with Gasteiger partial charge in [0.15, 0.2) is 5.82 Å². The maximum atomic E-state index is 14.5. The average Bonchev–Trinajstić information content (AvgIpc) is 3.75. The summed E-state index contributed by atoms with van der Waals surface area (Å²) < 4.78 is 27.4. The predicted molar refractivity (Wildman–Crippen MR) is 118 cm³/mol. The first-order valence-corrected chi connectivity index (χ1v) is 11.2. The molecule has 1 N–H and O–H groups in total. The molecule has 2 heterocycles. The zero-order valence-corrected chi connectivity index (χ0v) is 18.4. The molecule has 172 valence electrons. The molecule has 3 aromatic rings. The van der Waals surface area contributed by atoms with Gasteiger partial charge in [-0.05, 0) is 55.2 Å². The van der Waals surface area contributed by atoms with Crippen molar-refractivity contribution in [2.45, 2.75) is 50.5 Å². The first-order valence-electron chi connectivity index (χ1n) is 11.2. The van der Waals surface area contributed by atoms with Gasteiger partial charge in [0, 0.05) is 17.5 Å². The second kappa shape index (κ2) is 8.84. The maximum Gasteiger partial charge on any atom is 0.303 e. The molecule has 2 saturated carbocycles. The largest absolute Gasteiger partial charge is 0.489 e. The monoisotopic (exact) mass is 451 g/mol. The van der Waals surface area contributed by atoms with Crippen LogP contribution in [0.15, 0.2) is 42.7 Å². The summed E-state index contributed by atoms with van der Waals surface area (Å²) in [6.45, 7) is 0.298. The second-order valence-corrected chi connectivity index (χ2v) is 8.82. The van der Waals surface area contributed by atoms with Gasteiger partial charge in [-0.15, -0.1) is 0 Å². The highest BCUT2D eigenvalue weighted by atomic mass is 19.1. The molecule has 2 fully saturated rings. The van der Waals surface area contributed by atoms with E-state index in [0.29, 0.717) is 35.8 Å². The number of halogens is 1. The van der Waals surface area contributed by atoms with Crippen molar-refractivity contribution in [3.8, 4) is 17.3 Å². The third-order valence-corrected chi connectivity index (χ3v) is 6.36. The normalized spacial score (nSPS) is 16.4. The minimum atomic E-state index is -0.778. The number of ether oxygens (including phenoxy) is 2. The van der Waals surface area contributed by atoms with E-state index in [1.807, 2.05) is 24.3 Å². The van der Waals surface area contributed by atoms with Crippen molar-refractivity contribution >= 4 is 5.97 Å². The first kappa shape index (κ1) is 21.4. The molecule has 33 heavy (non-hydrogen) atoms. The SMILES string of the molecule is COc1cc(-n2ncc(COc3cccc(C(CC(=O)O)C4CC4)c3)c2C2CC2)c(F)cn1. The van der Waals surface area contributed by atoms with Crippen LogP contribution in [0.3, 0.4) is 0 Å². The molecule has 2 aromatic heterocycles. The van der Waals surface area contributed by atoms with Crippen molar-refractivity contribution in [3.05, 3.63) is 65.4 Å². The number of hydrogen-bond donors (Lipinski definition) is 1. The van der Waals surface area contributed by atoms with Crippen LogP contribution in [0.1, 0.15) is 60.8 Å². The molecule has 5 rings (SSSR count). The zero-order valence-electron chi connectivity index (χ0n) is 18.4. The molecule has 1 aromatic carbocycles. The standard InChI is InChI=1S/C25H26FN3O4/c1-32-23-11-22(21(26)13-27-23)29-25(16-7-8-16)18(12-28-29)14-33-19-4-2-3-17(9-19)20(10-24(30)31)15-5-6-15/h2-4,9,11-13,15-16,20H,5-8,10,14H2,1H3,(H,30,31). The van der Waals surface area contributed by atoms with Crippen LogP contribution in [0.25, 0.3) is 5.69 Å². The van der Waals surface area contributed by atoms with E-state index in [1.165, 1.54) is 7.11 Å². The van der Waals surface area contributed by atoms with Gasteiger partial charge >= 0.3 is 5.97 Å². The summed E-state index contributed by atoms with van der Waals surface area (Å²) in [5.41, 5.74) is 3.15. The quantitative estimate of drug-likeness (QED) is 0.475. The van der Waals surface area contributed by atoms with E-state index >= 15 is 0 Å².